The molecule has 2 aromatic carbocycles. The number of aromatic nitrogens is 2. The largest absolute Gasteiger partial charge is 0.435 e. The molecule has 0 unspecified atom stereocenters. The molecule has 28 heavy (non-hydrogen) atoms. The number of hydrogen-bond donors (Lipinski definition) is 0. The van der Waals surface area contributed by atoms with E-state index in [2.05, 4.69) is 9.97 Å². The molecule has 0 fully saturated rings. The second-order valence-corrected chi connectivity index (χ2v) is 6.65. The van der Waals surface area contributed by atoms with Gasteiger partial charge in [0, 0.05) is 32.0 Å². The molecule has 0 saturated carbocycles. The van der Waals surface area contributed by atoms with Crippen LogP contribution in [0, 0.1) is 6.92 Å². The SMILES string of the molecule is Cc1cc(C(=O)Oc2ccc3nc(-c4ccccn4)oc3c2)ccc1N(C)C. The highest BCUT2D eigenvalue weighted by atomic mass is 16.5. The number of ether oxygens (including phenoxy) is 1. The lowest BCUT2D eigenvalue weighted by Crippen LogP contribution is -2.12. The highest BCUT2D eigenvalue weighted by Crippen LogP contribution is 2.27. The number of carbonyl (C=O) groups excluding carboxylic acids is 1. The van der Waals surface area contributed by atoms with Gasteiger partial charge in [0.1, 0.15) is 17.0 Å². The van der Waals surface area contributed by atoms with Gasteiger partial charge >= 0.3 is 5.97 Å². The van der Waals surface area contributed by atoms with E-state index in [0.29, 0.717) is 34.0 Å². The van der Waals surface area contributed by atoms with Crippen LogP contribution < -0.4 is 9.64 Å². The van der Waals surface area contributed by atoms with Crippen molar-refractivity contribution in [1.82, 2.24) is 9.97 Å². The number of rotatable bonds is 4. The zero-order chi connectivity index (χ0) is 19.7. The van der Waals surface area contributed by atoms with Crippen LogP contribution >= 0.6 is 0 Å². The lowest BCUT2D eigenvalue weighted by atomic mass is 10.1. The Morgan fingerprint density at radius 1 is 1.07 bits per heavy atom. The maximum absolute atomic E-state index is 12.5. The molecule has 0 spiro atoms. The Kier molecular flexibility index (Phi) is 4.53. The zero-order valence-corrected chi connectivity index (χ0v) is 15.8. The Balaban J connectivity index is 1.58. The third-order valence-corrected chi connectivity index (χ3v) is 4.37. The topological polar surface area (TPSA) is 68.5 Å². The van der Waals surface area contributed by atoms with E-state index in [-0.39, 0.29) is 0 Å². The van der Waals surface area contributed by atoms with Crippen molar-refractivity contribution < 1.29 is 13.9 Å². The summed E-state index contributed by atoms with van der Waals surface area (Å²) < 4.78 is 11.3. The van der Waals surface area contributed by atoms with Gasteiger partial charge in [-0.15, -0.1) is 0 Å². The van der Waals surface area contributed by atoms with Crippen LogP contribution in [0.3, 0.4) is 0 Å². The normalized spacial score (nSPS) is 10.8. The van der Waals surface area contributed by atoms with Crippen LogP contribution in [-0.4, -0.2) is 30.0 Å². The molecule has 0 bridgehead atoms. The molecule has 4 aromatic rings. The van der Waals surface area contributed by atoms with Gasteiger partial charge in [0.15, 0.2) is 5.58 Å². The highest BCUT2D eigenvalue weighted by Gasteiger charge is 2.14. The summed E-state index contributed by atoms with van der Waals surface area (Å²) >= 11 is 0. The molecule has 0 saturated heterocycles. The first-order valence-electron chi connectivity index (χ1n) is 8.83. The summed E-state index contributed by atoms with van der Waals surface area (Å²) in [5.41, 5.74) is 4.41. The van der Waals surface area contributed by atoms with Crippen molar-refractivity contribution in [1.29, 1.82) is 0 Å². The minimum atomic E-state index is -0.419. The molecule has 6 nitrogen and oxygen atoms in total. The van der Waals surface area contributed by atoms with Gasteiger partial charge in [0.05, 0.1) is 5.56 Å². The number of anilines is 1. The molecule has 0 N–H and O–H groups in total. The van der Waals surface area contributed by atoms with E-state index >= 15 is 0 Å². The van der Waals surface area contributed by atoms with Gasteiger partial charge in [-0.3, -0.25) is 4.98 Å². The fourth-order valence-electron chi connectivity index (χ4n) is 3.02. The number of carbonyl (C=O) groups is 1. The number of oxazole rings is 1. The van der Waals surface area contributed by atoms with Crippen LogP contribution in [0.15, 0.2) is 65.2 Å². The third kappa shape index (κ3) is 3.44. The number of pyridine rings is 1. The number of benzene rings is 2. The van der Waals surface area contributed by atoms with Crippen LogP contribution in [0.4, 0.5) is 5.69 Å². The van der Waals surface area contributed by atoms with Gasteiger partial charge in [-0.05, 0) is 55.0 Å². The average molecular weight is 373 g/mol. The number of fused-ring (bicyclic) bond motifs is 1. The van der Waals surface area contributed by atoms with Crippen LogP contribution in [-0.2, 0) is 0 Å². The van der Waals surface area contributed by atoms with E-state index in [1.54, 1.807) is 30.5 Å². The van der Waals surface area contributed by atoms with Crippen molar-refractivity contribution in [3.63, 3.8) is 0 Å². The van der Waals surface area contributed by atoms with Gasteiger partial charge in [0.25, 0.3) is 0 Å². The molecule has 6 heteroatoms. The quantitative estimate of drug-likeness (QED) is 0.388. The van der Waals surface area contributed by atoms with E-state index in [1.165, 1.54) is 0 Å². The zero-order valence-electron chi connectivity index (χ0n) is 15.8. The molecule has 140 valence electrons. The van der Waals surface area contributed by atoms with Crippen molar-refractivity contribution >= 4 is 22.8 Å². The van der Waals surface area contributed by atoms with Crippen molar-refractivity contribution in [2.45, 2.75) is 6.92 Å². The maximum Gasteiger partial charge on any atom is 0.343 e. The minimum absolute atomic E-state index is 0.399. The first-order valence-corrected chi connectivity index (χ1v) is 8.83. The predicted molar refractivity (Wildman–Crippen MR) is 108 cm³/mol. The lowest BCUT2D eigenvalue weighted by Gasteiger charge is -2.16. The number of aryl methyl sites for hydroxylation is 1. The molecule has 4 rings (SSSR count). The summed E-state index contributed by atoms with van der Waals surface area (Å²) in [6, 6.07) is 16.1. The number of nitrogens with zero attached hydrogens (tertiary/aromatic N) is 3. The monoisotopic (exact) mass is 373 g/mol. The molecular weight excluding hydrogens is 354 g/mol. The van der Waals surface area contributed by atoms with E-state index < -0.39 is 5.97 Å². The first kappa shape index (κ1) is 17.7. The van der Waals surface area contributed by atoms with Crippen molar-refractivity contribution in [2.75, 3.05) is 19.0 Å². The van der Waals surface area contributed by atoms with Crippen molar-refractivity contribution in [2.24, 2.45) is 0 Å². The Morgan fingerprint density at radius 3 is 2.64 bits per heavy atom. The Hall–Kier alpha value is -3.67. The summed E-state index contributed by atoms with van der Waals surface area (Å²) in [7, 11) is 3.93. The lowest BCUT2D eigenvalue weighted by molar-refractivity contribution is 0.0735. The summed E-state index contributed by atoms with van der Waals surface area (Å²) in [4.78, 5) is 23.2. The summed E-state index contributed by atoms with van der Waals surface area (Å²) in [6.07, 6.45) is 1.68. The van der Waals surface area contributed by atoms with Crippen LogP contribution in [0.25, 0.3) is 22.7 Å². The Morgan fingerprint density at radius 2 is 1.93 bits per heavy atom. The van der Waals surface area contributed by atoms with Gasteiger partial charge < -0.3 is 14.1 Å². The van der Waals surface area contributed by atoms with Crippen LogP contribution in [0.5, 0.6) is 5.75 Å². The average Bonchev–Trinajstić information content (AvgIpc) is 3.11. The highest BCUT2D eigenvalue weighted by molar-refractivity contribution is 5.92. The molecule has 0 atom stereocenters. The molecular formula is C22H19N3O3. The van der Waals surface area contributed by atoms with Gasteiger partial charge in [0.2, 0.25) is 5.89 Å². The minimum Gasteiger partial charge on any atom is -0.435 e. The molecule has 0 aliphatic rings. The van der Waals surface area contributed by atoms with Crippen molar-refractivity contribution in [3.05, 3.63) is 71.9 Å². The van der Waals surface area contributed by atoms with Gasteiger partial charge in [-0.2, -0.15) is 0 Å². The number of esters is 1. The van der Waals surface area contributed by atoms with Gasteiger partial charge in [-0.25, -0.2) is 9.78 Å². The summed E-state index contributed by atoms with van der Waals surface area (Å²) in [5, 5.41) is 0. The van der Waals surface area contributed by atoms with Crippen LogP contribution in [0.1, 0.15) is 15.9 Å². The smallest absolute Gasteiger partial charge is 0.343 e. The van der Waals surface area contributed by atoms with E-state index in [0.717, 1.165) is 11.3 Å². The van der Waals surface area contributed by atoms with Crippen molar-refractivity contribution in [3.8, 4) is 17.3 Å². The maximum atomic E-state index is 12.5. The van der Waals surface area contributed by atoms with E-state index in [9.17, 15) is 4.79 Å². The van der Waals surface area contributed by atoms with Crippen LogP contribution in [0.2, 0.25) is 0 Å². The third-order valence-electron chi connectivity index (χ3n) is 4.37. The fraction of sp³-hybridized carbons (Fsp3) is 0.136. The second-order valence-electron chi connectivity index (χ2n) is 6.65. The standard InChI is InChI=1S/C22H19N3O3/c1-14-12-15(7-10-19(14)25(2)3)22(26)27-16-8-9-17-20(13-16)28-21(24-17)18-6-4-5-11-23-18/h4-13H,1-3H3. The Bertz CT molecular complexity index is 1150. The molecule has 0 aliphatic heterocycles. The summed E-state index contributed by atoms with van der Waals surface area (Å²) in [6.45, 7) is 1.96. The molecule has 2 heterocycles. The predicted octanol–water partition coefficient (Wildman–Crippen LogP) is 4.48. The molecule has 0 radical (unpaired) electrons. The fourth-order valence-corrected chi connectivity index (χ4v) is 3.02. The van der Waals surface area contributed by atoms with E-state index in [1.807, 2.05) is 56.3 Å². The Labute approximate surface area is 162 Å². The number of hydrogen-bond acceptors (Lipinski definition) is 6. The molecule has 0 amide bonds. The molecule has 0 aliphatic carbocycles. The van der Waals surface area contributed by atoms with Gasteiger partial charge in [-0.1, -0.05) is 6.07 Å². The summed E-state index contributed by atoms with van der Waals surface area (Å²) in [5.74, 6) is 0.404. The first-order chi connectivity index (χ1) is 13.5. The van der Waals surface area contributed by atoms with E-state index in [4.69, 9.17) is 9.15 Å². The second kappa shape index (κ2) is 7.15. The molecule has 2 aromatic heterocycles.